The standard InChI is InChI=1S/C16H26N2O2/c1-17(10-11-18-8-3-4-9-18)13-16(19)14-6-5-7-15(12-14)20-2/h5-7,12,16,19H,3-4,8-11,13H2,1-2H3. The molecule has 0 aromatic heterocycles. The molecule has 0 spiro atoms. The van der Waals surface area contributed by atoms with Crippen LogP contribution in [0.3, 0.4) is 0 Å². The topological polar surface area (TPSA) is 35.9 Å². The molecule has 0 aliphatic carbocycles. The molecule has 1 aromatic rings. The maximum atomic E-state index is 10.3. The fraction of sp³-hybridized carbons (Fsp3) is 0.625. The molecule has 4 nitrogen and oxygen atoms in total. The van der Waals surface area contributed by atoms with Gasteiger partial charge < -0.3 is 19.6 Å². The largest absolute Gasteiger partial charge is 0.497 e. The number of hydrogen-bond acceptors (Lipinski definition) is 4. The lowest BCUT2D eigenvalue weighted by atomic mass is 10.1. The molecule has 1 aliphatic rings. The van der Waals surface area contributed by atoms with Gasteiger partial charge in [-0.3, -0.25) is 0 Å². The summed E-state index contributed by atoms with van der Waals surface area (Å²) in [6.07, 6.45) is 2.19. The van der Waals surface area contributed by atoms with E-state index in [4.69, 9.17) is 4.74 Å². The molecule has 1 heterocycles. The van der Waals surface area contributed by atoms with Crippen LogP contribution >= 0.6 is 0 Å². The van der Waals surface area contributed by atoms with Crippen LogP contribution in [0.1, 0.15) is 24.5 Å². The molecule has 1 fully saturated rings. The number of nitrogens with zero attached hydrogens (tertiary/aromatic N) is 2. The summed E-state index contributed by atoms with van der Waals surface area (Å²) in [5.41, 5.74) is 0.914. The zero-order valence-corrected chi connectivity index (χ0v) is 12.6. The summed E-state index contributed by atoms with van der Waals surface area (Å²) >= 11 is 0. The number of methoxy groups -OCH3 is 1. The van der Waals surface area contributed by atoms with Crippen molar-refractivity contribution >= 4 is 0 Å². The Hall–Kier alpha value is -1.10. The molecular weight excluding hydrogens is 252 g/mol. The van der Waals surface area contributed by atoms with Crippen LogP contribution in [0.5, 0.6) is 5.75 Å². The van der Waals surface area contributed by atoms with E-state index in [0.717, 1.165) is 24.4 Å². The minimum Gasteiger partial charge on any atom is -0.497 e. The summed E-state index contributed by atoms with van der Waals surface area (Å²) in [6.45, 7) is 5.21. The van der Waals surface area contributed by atoms with E-state index < -0.39 is 6.10 Å². The van der Waals surface area contributed by atoms with E-state index in [9.17, 15) is 5.11 Å². The van der Waals surface area contributed by atoms with Crippen LogP contribution < -0.4 is 4.74 Å². The van der Waals surface area contributed by atoms with Crippen LogP contribution in [0.4, 0.5) is 0 Å². The quantitative estimate of drug-likeness (QED) is 0.824. The molecule has 1 saturated heterocycles. The minimum atomic E-state index is -0.464. The third-order valence-corrected chi connectivity index (χ3v) is 3.96. The lowest BCUT2D eigenvalue weighted by Crippen LogP contribution is -2.33. The van der Waals surface area contributed by atoms with Crippen LogP contribution in [0, 0.1) is 0 Å². The molecule has 0 saturated carbocycles. The molecule has 1 unspecified atom stereocenters. The fourth-order valence-electron chi connectivity index (χ4n) is 2.66. The van der Waals surface area contributed by atoms with E-state index >= 15 is 0 Å². The summed E-state index contributed by atoms with van der Waals surface area (Å²) in [4.78, 5) is 4.69. The van der Waals surface area contributed by atoms with Gasteiger partial charge in [0.1, 0.15) is 5.75 Å². The van der Waals surface area contributed by atoms with Gasteiger partial charge in [0.05, 0.1) is 13.2 Å². The van der Waals surface area contributed by atoms with Crippen LogP contribution in [0.25, 0.3) is 0 Å². The van der Waals surface area contributed by atoms with E-state index in [-0.39, 0.29) is 0 Å². The first kappa shape index (κ1) is 15.3. The average molecular weight is 278 g/mol. The van der Waals surface area contributed by atoms with Crippen LogP contribution in [0.2, 0.25) is 0 Å². The maximum Gasteiger partial charge on any atom is 0.119 e. The molecule has 1 N–H and O–H groups in total. The van der Waals surface area contributed by atoms with Gasteiger partial charge in [0.25, 0.3) is 0 Å². The van der Waals surface area contributed by atoms with Crippen LogP contribution in [0.15, 0.2) is 24.3 Å². The van der Waals surface area contributed by atoms with Crippen molar-refractivity contribution in [3.8, 4) is 5.75 Å². The molecule has 4 heteroatoms. The van der Waals surface area contributed by atoms with Gasteiger partial charge in [0.15, 0.2) is 0 Å². The Bertz CT molecular complexity index is 405. The monoisotopic (exact) mass is 278 g/mol. The molecule has 1 atom stereocenters. The van der Waals surface area contributed by atoms with Crippen molar-refractivity contribution in [2.24, 2.45) is 0 Å². The number of likely N-dealkylation sites (N-methyl/N-ethyl adjacent to an activating group) is 1. The van der Waals surface area contributed by atoms with Crippen molar-refractivity contribution < 1.29 is 9.84 Å². The zero-order valence-electron chi connectivity index (χ0n) is 12.6. The number of ether oxygens (including phenoxy) is 1. The SMILES string of the molecule is COc1cccc(C(O)CN(C)CCN2CCCC2)c1. The molecule has 0 bridgehead atoms. The number of benzene rings is 1. The Morgan fingerprint density at radius 1 is 1.35 bits per heavy atom. The highest BCUT2D eigenvalue weighted by atomic mass is 16.5. The van der Waals surface area contributed by atoms with Crippen molar-refractivity contribution in [3.63, 3.8) is 0 Å². The van der Waals surface area contributed by atoms with Gasteiger partial charge in [-0.25, -0.2) is 0 Å². The van der Waals surface area contributed by atoms with Crippen LogP contribution in [-0.4, -0.2) is 61.8 Å². The van der Waals surface area contributed by atoms with E-state index in [1.807, 2.05) is 24.3 Å². The Balaban J connectivity index is 1.78. The highest BCUT2D eigenvalue weighted by Crippen LogP contribution is 2.19. The number of likely N-dealkylation sites (tertiary alicyclic amines) is 1. The predicted molar refractivity (Wildman–Crippen MR) is 81.1 cm³/mol. The second-order valence-corrected chi connectivity index (χ2v) is 5.60. The normalized spacial score (nSPS) is 17.6. The number of rotatable bonds is 7. The summed E-state index contributed by atoms with van der Waals surface area (Å²) < 4.78 is 5.19. The summed E-state index contributed by atoms with van der Waals surface area (Å²) in [6, 6.07) is 7.66. The van der Waals surface area contributed by atoms with Crippen molar-refractivity contribution in [2.75, 3.05) is 46.9 Å². The van der Waals surface area contributed by atoms with Crippen LogP contribution in [-0.2, 0) is 0 Å². The first-order valence-electron chi connectivity index (χ1n) is 7.42. The van der Waals surface area contributed by atoms with E-state index in [1.165, 1.54) is 25.9 Å². The predicted octanol–water partition coefficient (Wildman–Crippen LogP) is 1.76. The summed E-state index contributed by atoms with van der Waals surface area (Å²) in [5, 5.41) is 10.3. The minimum absolute atomic E-state index is 0.464. The Morgan fingerprint density at radius 2 is 2.10 bits per heavy atom. The van der Waals surface area contributed by atoms with Gasteiger partial charge >= 0.3 is 0 Å². The molecule has 112 valence electrons. The van der Waals surface area contributed by atoms with E-state index in [0.29, 0.717) is 6.54 Å². The third-order valence-electron chi connectivity index (χ3n) is 3.96. The van der Waals surface area contributed by atoms with E-state index in [2.05, 4.69) is 16.8 Å². The first-order valence-corrected chi connectivity index (χ1v) is 7.42. The van der Waals surface area contributed by atoms with E-state index in [1.54, 1.807) is 7.11 Å². The summed E-state index contributed by atoms with van der Waals surface area (Å²) in [7, 11) is 3.72. The Labute approximate surface area is 122 Å². The molecule has 1 aliphatic heterocycles. The second-order valence-electron chi connectivity index (χ2n) is 5.60. The number of aliphatic hydroxyl groups is 1. The third kappa shape index (κ3) is 4.47. The van der Waals surface area contributed by atoms with Gasteiger partial charge in [-0.05, 0) is 50.7 Å². The molecule has 20 heavy (non-hydrogen) atoms. The van der Waals surface area contributed by atoms with Gasteiger partial charge in [-0.2, -0.15) is 0 Å². The smallest absolute Gasteiger partial charge is 0.119 e. The Morgan fingerprint density at radius 3 is 2.80 bits per heavy atom. The number of hydrogen-bond donors (Lipinski definition) is 1. The van der Waals surface area contributed by atoms with Gasteiger partial charge in [-0.1, -0.05) is 12.1 Å². The highest BCUT2D eigenvalue weighted by molar-refractivity contribution is 5.29. The van der Waals surface area contributed by atoms with Gasteiger partial charge in [0, 0.05) is 19.6 Å². The molecule has 1 aromatic carbocycles. The first-order chi connectivity index (χ1) is 9.69. The summed E-state index contributed by atoms with van der Waals surface area (Å²) in [5.74, 6) is 0.793. The second kappa shape index (κ2) is 7.62. The van der Waals surface area contributed by atoms with Gasteiger partial charge in [0.2, 0.25) is 0 Å². The maximum absolute atomic E-state index is 10.3. The van der Waals surface area contributed by atoms with Crippen molar-refractivity contribution in [3.05, 3.63) is 29.8 Å². The Kier molecular flexibility index (Phi) is 5.83. The highest BCUT2D eigenvalue weighted by Gasteiger charge is 2.14. The van der Waals surface area contributed by atoms with Crippen molar-refractivity contribution in [1.29, 1.82) is 0 Å². The lowest BCUT2D eigenvalue weighted by molar-refractivity contribution is 0.121. The zero-order chi connectivity index (χ0) is 14.4. The fourth-order valence-corrected chi connectivity index (χ4v) is 2.66. The lowest BCUT2D eigenvalue weighted by Gasteiger charge is -2.23. The molecular formula is C16H26N2O2. The molecule has 0 radical (unpaired) electrons. The molecule has 0 amide bonds. The van der Waals surface area contributed by atoms with Crippen molar-refractivity contribution in [2.45, 2.75) is 18.9 Å². The molecule has 2 rings (SSSR count). The number of aliphatic hydroxyl groups excluding tert-OH is 1. The average Bonchev–Trinajstić information content (AvgIpc) is 2.98. The van der Waals surface area contributed by atoms with Gasteiger partial charge in [-0.15, -0.1) is 0 Å². The van der Waals surface area contributed by atoms with Crippen molar-refractivity contribution in [1.82, 2.24) is 9.80 Å².